The van der Waals surface area contributed by atoms with Gasteiger partial charge in [0, 0.05) is 37.3 Å². The average Bonchev–Trinajstić information content (AvgIpc) is 2.64. The lowest BCUT2D eigenvalue weighted by molar-refractivity contribution is -0.137. The first kappa shape index (κ1) is 15.4. The lowest BCUT2D eigenvalue weighted by atomic mass is 10.0. The highest BCUT2D eigenvalue weighted by Crippen LogP contribution is 2.25. The van der Waals surface area contributed by atoms with Crippen molar-refractivity contribution in [1.29, 1.82) is 0 Å². The van der Waals surface area contributed by atoms with Gasteiger partial charge in [0.2, 0.25) is 0 Å². The molecule has 0 aromatic carbocycles. The van der Waals surface area contributed by atoms with Gasteiger partial charge in [-0.2, -0.15) is 0 Å². The molecule has 1 saturated heterocycles. The van der Waals surface area contributed by atoms with Crippen LogP contribution < -0.4 is 0 Å². The van der Waals surface area contributed by atoms with Gasteiger partial charge in [-0.3, -0.25) is 14.6 Å². The normalized spacial score (nSPS) is 22.1. The second-order valence-corrected chi connectivity index (χ2v) is 6.54. The molecule has 0 spiro atoms. The van der Waals surface area contributed by atoms with E-state index in [-0.39, 0.29) is 12.0 Å². The Bertz CT molecular complexity index is 284. The number of nitrogens with zero attached hydrogens (tertiary/aromatic N) is 2. The SMILES string of the molecule is CC(C)N1CCC(N(CCC(=O)O)C(C)(C)C)C1. The minimum atomic E-state index is -0.706. The first-order valence-corrected chi connectivity index (χ1v) is 6.94. The number of rotatable bonds is 5. The molecule has 0 amide bonds. The predicted molar refractivity (Wildman–Crippen MR) is 73.8 cm³/mol. The molecule has 1 unspecified atom stereocenters. The molecule has 1 rings (SSSR count). The molecule has 1 aliphatic rings. The van der Waals surface area contributed by atoms with Crippen molar-refractivity contribution in [2.75, 3.05) is 19.6 Å². The topological polar surface area (TPSA) is 43.8 Å². The maximum Gasteiger partial charge on any atom is 0.304 e. The van der Waals surface area contributed by atoms with E-state index in [2.05, 4.69) is 44.4 Å². The zero-order valence-electron chi connectivity index (χ0n) is 12.4. The molecular weight excluding hydrogens is 228 g/mol. The molecule has 4 heteroatoms. The quantitative estimate of drug-likeness (QED) is 0.817. The fourth-order valence-corrected chi connectivity index (χ4v) is 2.77. The number of hydrogen-bond acceptors (Lipinski definition) is 3. The molecule has 106 valence electrons. The highest BCUT2D eigenvalue weighted by Gasteiger charge is 2.34. The summed E-state index contributed by atoms with van der Waals surface area (Å²) < 4.78 is 0. The van der Waals surface area contributed by atoms with Crippen molar-refractivity contribution in [2.45, 2.75) is 65.1 Å². The van der Waals surface area contributed by atoms with Crippen LogP contribution in [0.1, 0.15) is 47.5 Å². The Morgan fingerprint density at radius 2 is 2.06 bits per heavy atom. The van der Waals surface area contributed by atoms with Crippen LogP contribution in [0.4, 0.5) is 0 Å². The van der Waals surface area contributed by atoms with Crippen molar-refractivity contribution in [1.82, 2.24) is 9.80 Å². The molecule has 1 heterocycles. The molecule has 0 aliphatic carbocycles. The number of hydrogen-bond donors (Lipinski definition) is 1. The average molecular weight is 256 g/mol. The number of carbonyl (C=O) groups is 1. The number of carboxylic acid groups (broad SMARTS) is 1. The third-order valence-electron chi connectivity index (χ3n) is 3.79. The standard InChI is InChI=1S/C14H28N2O2/c1-11(2)15-8-6-12(10-15)16(14(3,4)5)9-7-13(17)18/h11-12H,6-10H2,1-5H3,(H,17,18). The zero-order valence-corrected chi connectivity index (χ0v) is 12.4. The van der Waals surface area contributed by atoms with Gasteiger partial charge in [0.25, 0.3) is 0 Å². The Morgan fingerprint density at radius 1 is 1.44 bits per heavy atom. The molecule has 4 nitrogen and oxygen atoms in total. The van der Waals surface area contributed by atoms with E-state index in [1.807, 2.05) is 0 Å². The van der Waals surface area contributed by atoms with Crippen molar-refractivity contribution in [2.24, 2.45) is 0 Å². The Hall–Kier alpha value is -0.610. The fraction of sp³-hybridized carbons (Fsp3) is 0.929. The maximum absolute atomic E-state index is 10.8. The van der Waals surface area contributed by atoms with Crippen molar-refractivity contribution in [3.8, 4) is 0 Å². The van der Waals surface area contributed by atoms with E-state index in [9.17, 15) is 4.79 Å². The number of aliphatic carboxylic acids is 1. The Morgan fingerprint density at radius 3 is 2.44 bits per heavy atom. The number of carboxylic acids is 1. The summed E-state index contributed by atoms with van der Waals surface area (Å²) in [6.07, 6.45) is 1.38. The van der Waals surface area contributed by atoms with Gasteiger partial charge in [-0.25, -0.2) is 0 Å². The second kappa shape index (κ2) is 6.02. The van der Waals surface area contributed by atoms with Crippen LogP contribution in [-0.2, 0) is 4.79 Å². The number of likely N-dealkylation sites (tertiary alicyclic amines) is 1. The van der Waals surface area contributed by atoms with Crippen LogP contribution >= 0.6 is 0 Å². The van der Waals surface area contributed by atoms with Crippen LogP contribution in [0, 0.1) is 0 Å². The summed E-state index contributed by atoms with van der Waals surface area (Å²) in [5.41, 5.74) is 0.0348. The summed E-state index contributed by atoms with van der Waals surface area (Å²) in [6, 6.07) is 1.07. The van der Waals surface area contributed by atoms with E-state index in [0.29, 0.717) is 18.6 Å². The maximum atomic E-state index is 10.8. The molecule has 0 aromatic rings. The molecule has 1 fully saturated rings. The first-order valence-electron chi connectivity index (χ1n) is 6.94. The van der Waals surface area contributed by atoms with Crippen LogP contribution in [0.15, 0.2) is 0 Å². The third-order valence-corrected chi connectivity index (χ3v) is 3.79. The predicted octanol–water partition coefficient (Wildman–Crippen LogP) is 2.04. The van der Waals surface area contributed by atoms with Gasteiger partial charge in [0.05, 0.1) is 6.42 Å². The lowest BCUT2D eigenvalue weighted by Gasteiger charge is -2.40. The highest BCUT2D eigenvalue weighted by atomic mass is 16.4. The van der Waals surface area contributed by atoms with Crippen molar-refractivity contribution in [3.05, 3.63) is 0 Å². The van der Waals surface area contributed by atoms with Crippen molar-refractivity contribution < 1.29 is 9.90 Å². The summed E-state index contributed by atoms with van der Waals surface area (Å²) in [5, 5.41) is 8.87. The Labute approximate surface area is 111 Å². The summed E-state index contributed by atoms with van der Waals surface area (Å²) in [6.45, 7) is 13.8. The van der Waals surface area contributed by atoms with E-state index in [0.717, 1.165) is 19.5 Å². The van der Waals surface area contributed by atoms with E-state index in [1.54, 1.807) is 0 Å². The van der Waals surface area contributed by atoms with Gasteiger partial charge in [0.1, 0.15) is 0 Å². The van der Waals surface area contributed by atoms with Gasteiger partial charge >= 0.3 is 5.97 Å². The van der Waals surface area contributed by atoms with Crippen LogP contribution in [0.3, 0.4) is 0 Å². The van der Waals surface area contributed by atoms with Gasteiger partial charge in [-0.1, -0.05) is 0 Å². The largest absolute Gasteiger partial charge is 0.481 e. The monoisotopic (exact) mass is 256 g/mol. The van der Waals surface area contributed by atoms with E-state index < -0.39 is 5.97 Å². The fourth-order valence-electron chi connectivity index (χ4n) is 2.77. The first-order chi connectivity index (χ1) is 8.21. The van der Waals surface area contributed by atoms with Gasteiger partial charge in [0.15, 0.2) is 0 Å². The molecule has 1 atom stereocenters. The Balaban J connectivity index is 2.64. The Kier molecular flexibility index (Phi) is 5.17. The smallest absolute Gasteiger partial charge is 0.304 e. The van der Waals surface area contributed by atoms with Crippen LogP contribution in [0.5, 0.6) is 0 Å². The molecule has 1 N–H and O–H groups in total. The molecule has 0 saturated carbocycles. The third kappa shape index (κ3) is 4.25. The van der Waals surface area contributed by atoms with Gasteiger partial charge < -0.3 is 5.11 Å². The zero-order chi connectivity index (χ0) is 13.9. The molecular formula is C14H28N2O2. The highest BCUT2D eigenvalue weighted by molar-refractivity contribution is 5.66. The lowest BCUT2D eigenvalue weighted by Crippen LogP contribution is -2.50. The van der Waals surface area contributed by atoms with Crippen molar-refractivity contribution >= 4 is 5.97 Å². The van der Waals surface area contributed by atoms with Crippen molar-refractivity contribution in [3.63, 3.8) is 0 Å². The van der Waals surface area contributed by atoms with Crippen LogP contribution in [0.2, 0.25) is 0 Å². The molecule has 0 aromatic heterocycles. The molecule has 1 aliphatic heterocycles. The summed E-state index contributed by atoms with van der Waals surface area (Å²) >= 11 is 0. The van der Waals surface area contributed by atoms with Gasteiger partial charge in [-0.05, 0) is 41.0 Å². The van der Waals surface area contributed by atoms with Crippen LogP contribution in [-0.4, -0.2) is 58.1 Å². The minimum absolute atomic E-state index is 0.0348. The summed E-state index contributed by atoms with van der Waals surface area (Å²) in [5.74, 6) is -0.706. The molecule has 0 bridgehead atoms. The van der Waals surface area contributed by atoms with Crippen LogP contribution in [0.25, 0.3) is 0 Å². The van der Waals surface area contributed by atoms with E-state index in [1.165, 1.54) is 0 Å². The summed E-state index contributed by atoms with van der Waals surface area (Å²) in [7, 11) is 0. The molecule has 18 heavy (non-hydrogen) atoms. The summed E-state index contributed by atoms with van der Waals surface area (Å²) in [4.78, 5) is 15.6. The van der Waals surface area contributed by atoms with E-state index >= 15 is 0 Å². The van der Waals surface area contributed by atoms with Gasteiger partial charge in [-0.15, -0.1) is 0 Å². The molecule has 0 radical (unpaired) electrons. The van der Waals surface area contributed by atoms with E-state index in [4.69, 9.17) is 5.11 Å². The second-order valence-electron chi connectivity index (χ2n) is 6.54. The minimum Gasteiger partial charge on any atom is -0.481 e.